The standard InChI is InChI=1S/C12H18OS/c1-12(2,3)10-7-6-8-11(9-10)14(4,5)13/h6-9H,4H2,1-3,5H3. The fraction of sp³-hybridized carbons (Fsp3) is 0.417. The van der Waals surface area contributed by atoms with Crippen molar-refractivity contribution in [2.75, 3.05) is 6.26 Å². The number of hydrogen-bond donors (Lipinski definition) is 0. The predicted octanol–water partition coefficient (Wildman–Crippen LogP) is 2.69. The van der Waals surface area contributed by atoms with E-state index in [1.165, 1.54) is 5.56 Å². The predicted molar refractivity (Wildman–Crippen MR) is 64.6 cm³/mol. The highest BCUT2D eigenvalue weighted by Gasteiger charge is 2.14. The van der Waals surface area contributed by atoms with Crippen molar-refractivity contribution in [2.45, 2.75) is 31.1 Å². The highest BCUT2D eigenvalue weighted by Crippen LogP contribution is 2.24. The molecule has 0 bridgehead atoms. The maximum Gasteiger partial charge on any atom is 0.0305 e. The first-order chi connectivity index (χ1) is 6.21. The van der Waals surface area contributed by atoms with Gasteiger partial charge in [0.25, 0.3) is 0 Å². The van der Waals surface area contributed by atoms with Crippen molar-refractivity contribution >= 4 is 15.4 Å². The zero-order chi connectivity index (χ0) is 11.0. The van der Waals surface area contributed by atoms with Gasteiger partial charge >= 0.3 is 0 Å². The van der Waals surface area contributed by atoms with Crippen molar-refractivity contribution < 1.29 is 4.21 Å². The van der Waals surface area contributed by atoms with Crippen LogP contribution in [0.15, 0.2) is 29.2 Å². The summed E-state index contributed by atoms with van der Waals surface area (Å²) in [7, 11) is -2.09. The molecule has 0 spiro atoms. The molecule has 0 saturated heterocycles. The molecular formula is C12H18OS. The van der Waals surface area contributed by atoms with E-state index in [9.17, 15) is 4.21 Å². The summed E-state index contributed by atoms with van der Waals surface area (Å²) in [5.41, 5.74) is 1.30. The Morgan fingerprint density at radius 3 is 2.29 bits per heavy atom. The molecular weight excluding hydrogens is 192 g/mol. The summed E-state index contributed by atoms with van der Waals surface area (Å²) < 4.78 is 11.8. The van der Waals surface area contributed by atoms with Crippen molar-refractivity contribution in [3.63, 3.8) is 0 Å². The number of hydrogen-bond acceptors (Lipinski definition) is 1. The number of rotatable bonds is 1. The van der Waals surface area contributed by atoms with E-state index in [4.69, 9.17) is 0 Å². The molecule has 0 amide bonds. The lowest BCUT2D eigenvalue weighted by Gasteiger charge is -2.19. The second kappa shape index (κ2) is 3.43. The maximum absolute atomic E-state index is 11.8. The number of benzene rings is 1. The first kappa shape index (κ1) is 11.3. The van der Waals surface area contributed by atoms with E-state index in [0.717, 1.165) is 4.90 Å². The fourth-order valence-corrected chi connectivity index (χ4v) is 1.97. The molecule has 1 atom stereocenters. The van der Waals surface area contributed by atoms with E-state index in [0.29, 0.717) is 0 Å². The van der Waals surface area contributed by atoms with Crippen LogP contribution in [0.25, 0.3) is 0 Å². The zero-order valence-corrected chi connectivity index (χ0v) is 10.1. The first-order valence-corrected chi connectivity index (χ1v) is 6.77. The van der Waals surface area contributed by atoms with Gasteiger partial charge in [0.15, 0.2) is 0 Å². The van der Waals surface area contributed by atoms with Gasteiger partial charge in [-0.1, -0.05) is 32.9 Å². The van der Waals surface area contributed by atoms with Crippen molar-refractivity contribution in [3.05, 3.63) is 29.8 Å². The van der Waals surface area contributed by atoms with Gasteiger partial charge in [-0.3, -0.25) is 4.21 Å². The largest absolute Gasteiger partial charge is 0.263 e. The first-order valence-electron chi connectivity index (χ1n) is 4.64. The molecule has 1 aromatic rings. The Labute approximate surface area is 87.2 Å². The third-order valence-electron chi connectivity index (χ3n) is 2.20. The Morgan fingerprint density at radius 2 is 1.86 bits per heavy atom. The summed E-state index contributed by atoms with van der Waals surface area (Å²) in [5, 5.41) is 0. The van der Waals surface area contributed by atoms with Crippen molar-refractivity contribution in [1.82, 2.24) is 0 Å². The molecule has 14 heavy (non-hydrogen) atoms. The molecule has 0 saturated carbocycles. The van der Waals surface area contributed by atoms with Crippen LogP contribution in [0.4, 0.5) is 0 Å². The van der Waals surface area contributed by atoms with Crippen molar-refractivity contribution in [1.29, 1.82) is 0 Å². The molecule has 0 heterocycles. The molecule has 2 heteroatoms. The summed E-state index contributed by atoms with van der Waals surface area (Å²) in [4.78, 5) is 0.838. The van der Waals surface area contributed by atoms with Gasteiger partial charge in [-0.25, -0.2) is 0 Å². The van der Waals surface area contributed by atoms with Crippen LogP contribution in [-0.4, -0.2) is 16.3 Å². The average Bonchev–Trinajstić information content (AvgIpc) is 2.01. The summed E-state index contributed by atoms with van der Waals surface area (Å²) in [5.74, 6) is 3.69. The third kappa shape index (κ3) is 2.61. The van der Waals surface area contributed by atoms with Gasteiger partial charge in [-0.15, -0.1) is 0 Å². The quantitative estimate of drug-likeness (QED) is 0.651. The van der Waals surface area contributed by atoms with Gasteiger partial charge < -0.3 is 0 Å². The molecule has 0 aliphatic heterocycles. The average molecular weight is 210 g/mol. The Morgan fingerprint density at radius 1 is 1.29 bits per heavy atom. The van der Waals surface area contributed by atoms with Gasteiger partial charge in [0.1, 0.15) is 0 Å². The minimum absolute atomic E-state index is 0.0979. The highest BCUT2D eigenvalue weighted by atomic mass is 32.2. The summed E-state index contributed by atoms with van der Waals surface area (Å²) >= 11 is 0. The molecule has 0 aromatic heterocycles. The van der Waals surface area contributed by atoms with E-state index >= 15 is 0 Å². The molecule has 0 N–H and O–H groups in total. The summed E-state index contributed by atoms with van der Waals surface area (Å²) in [6.07, 6.45) is 1.68. The van der Waals surface area contributed by atoms with Gasteiger partial charge in [0.2, 0.25) is 0 Å². The lowest BCUT2D eigenvalue weighted by atomic mass is 9.87. The Hall–Kier alpha value is -0.760. The SMILES string of the molecule is C=S(C)(=O)c1cccc(C(C)(C)C)c1. The third-order valence-corrected chi connectivity index (χ3v) is 3.45. The molecule has 0 radical (unpaired) electrons. The summed E-state index contributed by atoms with van der Waals surface area (Å²) in [6, 6.07) is 7.89. The van der Waals surface area contributed by atoms with Gasteiger partial charge in [-0.2, -0.15) is 0 Å². The summed E-state index contributed by atoms with van der Waals surface area (Å²) in [6.45, 7) is 6.44. The lowest BCUT2D eigenvalue weighted by molar-refractivity contribution is 0.588. The molecule has 1 unspecified atom stereocenters. The van der Waals surface area contributed by atoms with Crippen molar-refractivity contribution in [2.24, 2.45) is 0 Å². The molecule has 78 valence electrons. The van der Waals surface area contributed by atoms with Crippen LogP contribution in [-0.2, 0) is 14.9 Å². The smallest absolute Gasteiger partial charge is 0.0305 e. The topological polar surface area (TPSA) is 17.1 Å². The fourth-order valence-electron chi connectivity index (χ4n) is 1.23. The van der Waals surface area contributed by atoms with E-state index in [1.54, 1.807) is 6.26 Å². The Balaban J connectivity index is 3.29. The normalized spacial score (nSPS) is 16.3. The lowest BCUT2D eigenvalue weighted by Crippen LogP contribution is -2.11. The Bertz CT molecular complexity index is 422. The van der Waals surface area contributed by atoms with Crippen LogP contribution in [0.2, 0.25) is 0 Å². The minimum Gasteiger partial charge on any atom is -0.263 e. The molecule has 0 fully saturated rings. The second-order valence-corrected chi connectivity index (χ2v) is 7.26. The van der Waals surface area contributed by atoms with Gasteiger partial charge in [0.05, 0.1) is 0 Å². The van der Waals surface area contributed by atoms with E-state index in [2.05, 4.69) is 32.7 Å². The highest BCUT2D eigenvalue weighted by molar-refractivity contribution is 7.99. The van der Waals surface area contributed by atoms with E-state index in [1.807, 2.05) is 18.2 Å². The molecule has 0 aliphatic carbocycles. The van der Waals surface area contributed by atoms with Crippen LogP contribution < -0.4 is 0 Å². The monoisotopic (exact) mass is 210 g/mol. The van der Waals surface area contributed by atoms with E-state index < -0.39 is 9.52 Å². The van der Waals surface area contributed by atoms with Crippen LogP contribution in [0.5, 0.6) is 0 Å². The van der Waals surface area contributed by atoms with Crippen LogP contribution in [0, 0.1) is 0 Å². The van der Waals surface area contributed by atoms with Crippen LogP contribution in [0.1, 0.15) is 26.3 Å². The molecule has 0 aliphatic rings. The molecule has 1 nitrogen and oxygen atoms in total. The van der Waals surface area contributed by atoms with E-state index in [-0.39, 0.29) is 5.41 Å². The van der Waals surface area contributed by atoms with Gasteiger partial charge in [-0.05, 0) is 38.5 Å². The van der Waals surface area contributed by atoms with Crippen LogP contribution >= 0.6 is 0 Å². The zero-order valence-electron chi connectivity index (χ0n) is 9.33. The maximum atomic E-state index is 11.8. The van der Waals surface area contributed by atoms with Crippen LogP contribution in [0.3, 0.4) is 0 Å². The second-order valence-electron chi connectivity index (χ2n) is 4.78. The van der Waals surface area contributed by atoms with Crippen molar-refractivity contribution in [3.8, 4) is 0 Å². The Kier molecular flexibility index (Phi) is 2.77. The molecule has 1 aromatic carbocycles. The molecule has 1 rings (SSSR count). The van der Waals surface area contributed by atoms with Gasteiger partial charge in [0, 0.05) is 11.2 Å². The minimum atomic E-state index is -2.09.